The van der Waals surface area contributed by atoms with Crippen molar-refractivity contribution in [3.8, 4) is 0 Å². The van der Waals surface area contributed by atoms with Crippen molar-refractivity contribution in [2.24, 2.45) is 5.92 Å². The van der Waals surface area contributed by atoms with Crippen LogP contribution in [-0.4, -0.2) is 35.0 Å². The van der Waals surface area contributed by atoms with Gasteiger partial charge in [0.15, 0.2) is 0 Å². The van der Waals surface area contributed by atoms with Crippen LogP contribution in [0.1, 0.15) is 50.5 Å². The molecule has 0 aliphatic heterocycles. The Labute approximate surface area is 204 Å². The number of anilines is 3. The molecule has 0 radical (unpaired) electrons. The van der Waals surface area contributed by atoms with Crippen molar-refractivity contribution in [2.75, 3.05) is 16.0 Å². The van der Waals surface area contributed by atoms with E-state index < -0.39 is 5.97 Å². The van der Waals surface area contributed by atoms with E-state index in [-0.39, 0.29) is 36.2 Å². The fourth-order valence-corrected chi connectivity index (χ4v) is 4.09. The minimum atomic E-state index is -0.857. The average Bonchev–Trinajstić information content (AvgIpc) is 3.28. The molecule has 2 aromatic rings. The molecule has 186 valence electrons. The van der Waals surface area contributed by atoms with Crippen LogP contribution in [0.25, 0.3) is 0 Å². The van der Waals surface area contributed by atoms with Gasteiger partial charge in [-0.15, -0.1) is 0 Å². The standard InChI is InChI=1S/C26H32N4O5/c1-17-6-2-3-7-22(17)30-26(35)29-20-14-12-19(13-15-20)28-25(34)18-10-11-21(16-18)27-23(31)8-4-5-9-24(32)33/h2-3,6-7,12-15,18,21H,4-5,8-11,16H2,1H3,(H,27,31)(H,28,34)(H,32,33)(H2,29,30,35)/t18-,21+/m1/s1. The SMILES string of the molecule is Cc1ccccc1NC(=O)Nc1ccc(NC(=O)[C@@H]2CC[C@H](NC(=O)CCCCC(=O)O)C2)cc1. The highest BCUT2D eigenvalue weighted by molar-refractivity contribution is 6.00. The lowest BCUT2D eigenvalue weighted by Gasteiger charge is -2.14. The summed E-state index contributed by atoms with van der Waals surface area (Å²) in [5, 5.41) is 20.1. The smallest absolute Gasteiger partial charge is 0.323 e. The number of nitrogens with one attached hydrogen (secondary N) is 4. The first-order valence-electron chi connectivity index (χ1n) is 11.9. The van der Waals surface area contributed by atoms with Gasteiger partial charge in [0.2, 0.25) is 11.8 Å². The Kier molecular flexibility index (Phi) is 9.23. The third kappa shape index (κ3) is 8.44. The summed E-state index contributed by atoms with van der Waals surface area (Å²) in [6.07, 6.45) is 3.37. The first-order chi connectivity index (χ1) is 16.8. The van der Waals surface area contributed by atoms with E-state index >= 15 is 0 Å². The summed E-state index contributed by atoms with van der Waals surface area (Å²) < 4.78 is 0. The molecule has 1 aliphatic carbocycles. The molecular formula is C26H32N4O5. The Morgan fingerprint density at radius 2 is 1.51 bits per heavy atom. The van der Waals surface area contributed by atoms with Crippen LogP contribution in [0.5, 0.6) is 0 Å². The fraction of sp³-hybridized carbons (Fsp3) is 0.385. The van der Waals surface area contributed by atoms with Gasteiger partial charge in [0.1, 0.15) is 0 Å². The molecule has 9 heteroatoms. The van der Waals surface area contributed by atoms with Crippen LogP contribution in [0.2, 0.25) is 0 Å². The van der Waals surface area contributed by atoms with Crippen molar-refractivity contribution in [1.29, 1.82) is 0 Å². The highest BCUT2D eigenvalue weighted by Crippen LogP contribution is 2.27. The highest BCUT2D eigenvalue weighted by Gasteiger charge is 2.30. The van der Waals surface area contributed by atoms with Gasteiger partial charge in [-0.05, 0) is 74.9 Å². The van der Waals surface area contributed by atoms with Crippen LogP contribution < -0.4 is 21.3 Å². The molecule has 0 aromatic heterocycles. The van der Waals surface area contributed by atoms with Gasteiger partial charge in [-0.1, -0.05) is 18.2 Å². The second-order valence-corrected chi connectivity index (χ2v) is 8.84. The van der Waals surface area contributed by atoms with Crippen LogP contribution in [0, 0.1) is 12.8 Å². The maximum atomic E-state index is 12.7. The number of urea groups is 1. The average molecular weight is 481 g/mol. The molecule has 1 aliphatic rings. The van der Waals surface area contributed by atoms with Gasteiger partial charge in [-0.25, -0.2) is 4.79 Å². The molecule has 0 unspecified atom stereocenters. The van der Waals surface area contributed by atoms with Gasteiger partial charge < -0.3 is 26.4 Å². The number of hydrogen-bond donors (Lipinski definition) is 5. The normalized spacial score (nSPS) is 16.8. The van der Waals surface area contributed by atoms with Crippen LogP contribution in [0.15, 0.2) is 48.5 Å². The third-order valence-corrected chi connectivity index (χ3v) is 6.02. The zero-order valence-corrected chi connectivity index (χ0v) is 19.8. The Hall–Kier alpha value is -3.88. The topological polar surface area (TPSA) is 137 Å². The second kappa shape index (κ2) is 12.5. The Morgan fingerprint density at radius 3 is 2.20 bits per heavy atom. The lowest BCUT2D eigenvalue weighted by molar-refractivity contribution is -0.137. The predicted octanol–water partition coefficient (Wildman–Crippen LogP) is 4.51. The monoisotopic (exact) mass is 480 g/mol. The molecule has 2 aromatic carbocycles. The number of carboxylic acids is 1. The molecule has 0 heterocycles. The number of para-hydroxylation sites is 1. The molecule has 3 rings (SSSR count). The third-order valence-electron chi connectivity index (χ3n) is 6.02. The van der Waals surface area contributed by atoms with Gasteiger partial charge in [0.05, 0.1) is 0 Å². The minimum Gasteiger partial charge on any atom is -0.481 e. The van der Waals surface area contributed by atoms with E-state index in [2.05, 4.69) is 21.3 Å². The van der Waals surface area contributed by atoms with Crippen LogP contribution in [0.3, 0.4) is 0 Å². The fourth-order valence-electron chi connectivity index (χ4n) is 4.09. The van der Waals surface area contributed by atoms with Crippen molar-refractivity contribution in [1.82, 2.24) is 5.32 Å². The number of unbranched alkanes of at least 4 members (excludes halogenated alkanes) is 1. The summed E-state index contributed by atoms with van der Waals surface area (Å²) in [6, 6.07) is 14.0. The summed E-state index contributed by atoms with van der Waals surface area (Å²) in [4.78, 5) is 47.5. The summed E-state index contributed by atoms with van der Waals surface area (Å²) in [5.74, 6) is -1.24. The van der Waals surface area contributed by atoms with Gasteiger partial charge >= 0.3 is 12.0 Å². The van der Waals surface area contributed by atoms with Gasteiger partial charge in [0, 0.05) is 41.9 Å². The Morgan fingerprint density at radius 1 is 0.857 bits per heavy atom. The van der Waals surface area contributed by atoms with Crippen molar-refractivity contribution >= 4 is 40.9 Å². The number of carbonyl (C=O) groups excluding carboxylic acids is 3. The van der Waals surface area contributed by atoms with Crippen molar-refractivity contribution < 1.29 is 24.3 Å². The molecule has 1 saturated carbocycles. The molecule has 0 spiro atoms. The van der Waals surface area contributed by atoms with Crippen molar-refractivity contribution in [2.45, 2.75) is 57.9 Å². The maximum absolute atomic E-state index is 12.7. The van der Waals surface area contributed by atoms with E-state index in [1.807, 2.05) is 31.2 Å². The first kappa shape index (κ1) is 25.7. The number of rotatable bonds is 10. The lowest BCUT2D eigenvalue weighted by Crippen LogP contribution is -2.33. The number of carboxylic acid groups (broad SMARTS) is 1. The number of amides is 4. The molecule has 0 saturated heterocycles. The quantitative estimate of drug-likeness (QED) is 0.319. The lowest BCUT2D eigenvalue weighted by atomic mass is 10.1. The number of aryl methyl sites for hydroxylation is 1. The van der Waals surface area contributed by atoms with Crippen molar-refractivity contribution in [3.05, 3.63) is 54.1 Å². The number of hydrogen-bond acceptors (Lipinski definition) is 4. The second-order valence-electron chi connectivity index (χ2n) is 8.84. The highest BCUT2D eigenvalue weighted by atomic mass is 16.4. The molecule has 5 N–H and O–H groups in total. The molecule has 35 heavy (non-hydrogen) atoms. The predicted molar refractivity (Wildman–Crippen MR) is 134 cm³/mol. The van der Waals surface area contributed by atoms with E-state index in [1.54, 1.807) is 24.3 Å². The summed E-state index contributed by atoms with van der Waals surface area (Å²) >= 11 is 0. The molecule has 0 bridgehead atoms. The van der Waals surface area contributed by atoms with E-state index in [0.29, 0.717) is 43.5 Å². The van der Waals surface area contributed by atoms with Crippen LogP contribution >= 0.6 is 0 Å². The van der Waals surface area contributed by atoms with E-state index in [9.17, 15) is 19.2 Å². The van der Waals surface area contributed by atoms with E-state index in [4.69, 9.17) is 5.11 Å². The van der Waals surface area contributed by atoms with Gasteiger partial charge in [-0.2, -0.15) is 0 Å². The molecular weight excluding hydrogens is 448 g/mol. The van der Waals surface area contributed by atoms with E-state index in [1.165, 1.54) is 0 Å². The molecule has 2 atom stereocenters. The van der Waals surface area contributed by atoms with E-state index in [0.717, 1.165) is 17.7 Å². The van der Waals surface area contributed by atoms with Gasteiger partial charge in [-0.3, -0.25) is 14.4 Å². The largest absolute Gasteiger partial charge is 0.481 e. The summed E-state index contributed by atoms with van der Waals surface area (Å²) in [7, 11) is 0. The molecule has 1 fully saturated rings. The minimum absolute atomic E-state index is 0.0453. The number of aliphatic carboxylic acids is 1. The maximum Gasteiger partial charge on any atom is 0.323 e. The van der Waals surface area contributed by atoms with Crippen molar-refractivity contribution in [3.63, 3.8) is 0 Å². The zero-order valence-electron chi connectivity index (χ0n) is 19.8. The Balaban J connectivity index is 1.40. The molecule has 9 nitrogen and oxygen atoms in total. The van der Waals surface area contributed by atoms with Crippen LogP contribution in [-0.2, 0) is 14.4 Å². The van der Waals surface area contributed by atoms with Crippen LogP contribution in [0.4, 0.5) is 21.9 Å². The number of benzene rings is 2. The zero-order chi connectivity index (χ0) is 25.2. The number of carbonyl (C=O) groups is 4. The van der Waals surface area contributed by atoms with Gasteiger partial charge in [0.25, 0.3) is 0 Å². The first-order valence-corrected chi connectivity index (χ1v) is 11.9. The Bertz CT molecular complexity index is 1050. The molecule has 4 amide bonds. The summed E-state index contributed by atoms with van der Waals surface area (Å²) in [6.45, 7) is 1.92. The summed E-state index contributed by atoms with van der Waals surface area (Å²) in [5.41, 5.74) is 2.93.